The number of nitrogens with zero attached hydrogens (tertiary/aromatic N) is 3. The number of nitrogens with one attached hydrogen (secondary N) is 1. The zero-order chi connectivity index (χ0) is 12.5. The maximum Gasteiger partial charge on any atom is 0.198 e. The van der Waals surface area contributed by atoms with Crippen molar-refractivity contribution in [1.82, 2.24) is 20.6 Å². The minimum absolute atomic E-state index is 0.179. The molecule has 0 amide bonds. The summed E-state index contributed by atoms with van der Waals surface area (Å²) in [5, 5.41) is 13.7. The van der Waals surface area contributed by atoms with Crippen LogP contribution in [0.5, 0.6) is 0 Å². The molecule has 0 saturated carbocycles. The standard InChI is InChI=1S/C11H8FN5O/c12-7-3-1-2-6(4-7)9-10(18-16-11(9)13)8-5-14-17-15-8/h1-5H,(H2,13,16)(H,14,15,17). The third-order valence-electron chi connectivity index (χ3n) is 2.48. The van der Waals surface area contributed by atoms with Crippen LogP contribution in [0, 0.1) is 5.82 Å². The third-order valence-corrected chi connectivity index (χ3v) is 2.48. The second kappa shape index (κ2) is 3.95. The molecule has 1 aromatic carbocycles. The van der Waals surface area contributed by atoms with E-state index in [1.165, 1.54) is 18.3 Å². The van der Waals surface area contributed by atoms with Crippen molar-refractivity contribution in [3.8, 4) is 22.6 Å². The molecule has 0 bridgehead atoms. The maximum absolute atomic E-state index is 13.2. The first-order valence-electron chi connectivity index (χ1n) is 5.13. The van der Waals surface area contributed by atoms with Crippen molar-refractivity contribution in [2.24, 2.45) is 0 Å². The number of rotatable bonds is 2. The Hall–Kier alpha value is -2.70. The molecule has 90 valence electrons. The van der Waals surface area contributed by atoms with E-state index in [1.807, 2.05) is 0 Å². The fraction of sp³-hybridized carbons (Fsp3) is 0. The van der Waals surface area contributed by atoms with Crippen LogP contribution in [0.2, 0.25) is 0 Å². The summed E-state index contributed by atoms with van der Waals surface area (Å²) in [5.74, 6) is 0.171. The smallest absolute Gasteiger partial charge is 0.198 e. The molecule has 3 aromatic rings. The Kier molecular flexibility index (Phi) is 2.30. The Morgan fingerprint density at radius 2 is 2.22 bits per heavy atom. The van der Waals surface area contributed by atoms with Gasteiger partial charge < -0.3 is 10.3 Å². The van der Waals surface area contributed by atoms with Crippen molar-refractivity contribution in [3.63, 3.8) is 0 Å². The molecule has 0 radical (unpaired) electrons. The van der Waals surface area contributed by atoms with Gasteiger partial charge in [0.05, 0.1) is 11.8 Å². The predicted octanol–water partition coefficient (Wildman–Crippen LogP) is 1.85. The average molecular weight is 245 g/mol. The summed E-state index contributed by atoms with van der Waals surface area (Å²) < 4.78 is 18.4. The SMILES string of the molecule is Nc1noc(-c2cn[nH]n2)c1-c1cccc(F)c1. The van der Waals surface area contributed by atoms with Crippen molar-refractivity contribution in [3.05, 3.63) is 36.3 Å². The average Bonchev–Trinajstić information content (AvgIpc) is 2.97. The normalized spacial score (nSPS) is 10.7. The topological polar surface area (TPSA) is 93.6 Å². The number of benzene rings is 1. The summed E-state index contributed by atoms with van der Waals surface area (Å²) in [6.07, 6.45) is 1.47. The Morgan fingerprint density at radius 3 is 2.94 bits per heavy atom. The lowest BCUT2D eigenvalue weighted by atomic mass is 10.0. The number of halogens is 1. The molecule has 0 unspecified atom stereocenters. The number of H-pyrrole nitrogens is 1. The number of hydrogen-bond donors (Lipinski definition) is 2. The quantitative estimate of drug-likeness (QED) is 0.718. The molecule has 3 rings (SSSR count). The van der Waals surface area contributed by atoms with Gasteiger partial charge in [0, 0.05) is 0 Å². The lowest BCUT2D eigenvalue weighted by molar-refractivity contribution is 0.434. The summed E-state index contributed by atoms with van der Waals surface area (Å²) >= 11 is 0. The number of nitrogen functional groups attached to an aromatic ring is 1. The highest BCUT2D eigenvalue weighted by molar-refractivity contribution is 5.85. The zero-order valence-corrected chi connectivity index (χ0v) is 9.09. The van der Waals surface area contributed by atoms with E-state index in [0.29, 0.717) is 22.6 Å². The van der Waals surface area contributed by atoms with Gasteiger partial charge in [0.25, 0.3) is 0 Å². The van der Waals surface area contributed by atoms with Gasteiger partial charge in [-0.15, -0.1) is 0 Å². The van der Waals surface area contributed by atoms with E-state index in [-0.39, 0.29) is 11.6 Å². The third kappa shape index (κ3) is 1.61. The van der Waals surface area contributed by atoms with Crippen molar-refractivity contribution in [2.45, 2.75) is 0 Å². The summed E-state index contributed by atoms with van der Waals surface area (Å²) in [6.45, 7) is 0. The molecule has 0 fully saturated rings. The van der Waals surface area contributed by atoms with Crippen LogP contribution in [0.15, 0.2) is 35.0 Å². The molecule has 0 aliphatic heterocycles. The van der Waals surface area contributed by atoms with Crippen LogP contribution in [0.25, 0.3) is 22.6 Å². The monoisotopic (exact) mass is 245 g/mol. The number of nitrogens with two attached hydrogens (primary N) is 1. The van der Waals surface area contributed by atoms with Crippen LogP contribution >= 0.6 is 0 Å². The zero-order valence-electron chi connectivity index (χ0n) is 9.09. The second-order valence-corrected chi connectivity index (χ2v) is 3.64. The molecule has 2 heterocycles. The van der Waals surface area contributed by atoms with Crippen molar-refractivity contribution in [1.29, 1.82) is 0 Å². The highest BCUT2D eigenvalue weighted by Gasteiger charge is 2.19. The number of anilines is 1. The van der Waals surface area contributed by atoms with Gasteiger partial charge in [-0.1, -0.05) is 17.3 Å². The number of hydrogen-bond acceptors (Lipinski definition) is 5. The van der Waals surface area contributed by atoms with E-state index in [2.05, 4.69) is 20.6 Å². The molecule has 6 nitrogen and oxygen atoms in total. The molecular weight excluding hydrogens is 237 g/mol. The van der Waals surface area contributed by atoms with Gasteiger partial charge in [-0.2, -0.15) is 15.4 Å². The van der Waals surface area contributed by atoms with Crippen molar-refractivity contribution < 1.29 is 8.91 Å². The second-order valence-electron chi connectivity index (χ2n) is 3.64. The minimum atomic E-state index is -0.362. The highest BCUT2D eigenvalue weighted by atomic mass is 19.1. The van der Waals surface area contributed by atoms with Crippen LogP contribution in [-0.4, -0.2) is 20.6 Å². The van der Waals surface area contributed by atoms with E-state index in [0.717, 1.165) is 0 Å². The van der Waals surface area contributed by atoms with E-state index in [9.17, 15) is 4.39 Å². The van der Waals surface area contributed by atoms with Gasteiger partial charge in [-0.3, -0.25) is 0 Å². The summed E-state index contributed by atoms with van der Waals surface area (Å²) in [7, 11) is 0. The molecule has 0 saturated heterocycles. The van der Waals surface area contributed by atoms with E-state index < -0.39 is 0 Å². The summed E-state index contributed by atoms with van der Waals surface area (Å²) in [4.78, 5) is 0. The van der Waals surface area contributed by atoms with Gasteiger partial charge in [-0.25, -0.2) is 4.39 Å². The minimum Gasteiger partial charge on any atom is -0.380 e. The number of aromatic nitrogens is 4. The molecule has 0 atom stereocenters. The number of aromatic amines is 1. The van der Waals surface area contributed by atoms with Crippen molar-refractivity contribution >= 4 is 5.82 Å². The van der Waals surface area contributed by atoms with Crippen LogP contribution in [0.4, 0.5) is 10.2 Å². The summed E-state index contributed by atoms with van der Waals surface area (Å²) in [5.41, 5.74) is 7.28. The van der Waals surface area contributed by atoms with Gasteiger partial charge in [0.15, 0.2) is 17.3 Å². The molecule has 2 aromatic heterocycles. The van der Waals surface area contributed by atoms with Crippen LogP contribution in [0.1, 0.15) is 0 Å². The predicted molar refractivity (Wildman–Crippen MR) is 61.7 cm³/mol. The van der Waals surface area contributed by atoms with Gasteiger partial charge >= 0.3 is 0 Å². The first-order chi connectivity index (χ1) is 8.75. The van der Waals surface area contributed by atoms with E-state index in [1.54, 1.807) is 12.1 Å². The fourth-order valence-corrected chi connectivity index (χ4v) is 1.71. The Bertz CT molecular complexity index is 677. The molecular formula is C11H8FN5O. The van der Waals surface area contributed by atoms with Gasteiger partial charge in [0.1, 0.15) is 5.82 Å². The first kappa shape index (κ1) is 10.5. The molecule has 7 heteroatoms. The lowest BCUT2D eigenvalue weighted by Gasteiger charge is -2.00. The molecule has 18 heavy (non-hydrogen) atoms. The molecule has 0 aliphatic rings. The molecule has 0 spiro atoms. The Balaban J connectivity index is 2.20. The van der Waals surface area contributed by atoms with Crippen molar-refractivity contribution in [2.75, 3.05) is 5.73 Å². The lowest BCUT2D eigenvalue weighted by Crippen LogP contribution is -1.89. The van der Waals surface area contributed by atoms with Gasteiger partial charge in [0.2, 0.25) is 0 Å². The Morgan fingerprint density at radius 1 is 1.33 bits per heavy atom. The first-order valence-corrected chi connectivity index (χ1v) is 5.13. The Labute approximate surface area is 101 Å². The van der Waals surface area contributed by atoms with Gasteiger partial charge in [-0.05, 0) is 17.7 Å². The van der Waals surface area contributed by atoms with E-state index in [4.69, 9.17) is 10.3 Å². The largest absolute Gasteiger partial charge is 0.380 e. The molecule has 0 aliphatic carbocycles. The fourth-order valence-electron chi connectivity index (χ4n) is 1.71. The maximum atomic E-state index is 13.2. The van der Waals surface area contributed by atoms with E-state index >= 15 is 0 Å². The highest BCUT2D eigenvalue weighted by Crippen LogP contribution is 2.35. The van der Waals surface area contributed by atoms with Crippen LogP contribution in [0.3, 0.4) is 0 Å². The molecule has 3 N–H and O–H groups in total. The summed E-state index contributed by atoms with van der Waals surface area (Å²) in [6, 6.07) is 6.01. The van der Waals surface area contributed by atoms with Crippen LogP contribution in [-0.2, 0) is 0 Å². The van der Waals surface area contributed by atoms with Crippen LogP contribution < -0.4 is 5.73 Å².